The van der Waals surface area contributed by atoms with Crippen LogP contribution in [0.5, 0.6) is 0 Å². The Morgan fingerprint density at radius 3 is 1.20 bits per heavy atom. The fraction of sp³-hybridized carbons (Fsp3) is 1.00. The molecule has 5 heavy (non-hydrogen) atoms. The molecule has 3 heteroatoms. The molecule has 0 aliphatic carbocycles. The summed E-state index contributed by atoms with van der Waals surface area (Å²) in [7, 11) is 0. The fourth-order valence-corrected chi connectivity index (χ4v) is 0. The van der Waals surface area contributed by atoms with Gasteiger partial charge in [0.05, 0.1) is 0 Å². The smallest absolute Gasteiger partial charge is 0.0129 e. The summed E-state index contributed by atoms with van der Waals surface area (Å²) in [6.07, 6.45) is 0. The Morgan fingerprint density at radius 2 is 1.20 bits per heavy atom. The first-order valence-corrected chi connectivity index (χ1v) is 3.28. The molecule has 0 aromatic carbocycles. The van der Waals surface area contributed by atoms with Gasteiger partial charge in [-0.3, -0.25) is 0 Å². The number of hydrogen-bond donors (Lipinski definition) is 0. The molecule has 0 N–H and O–H groups in total. The largest absolute Gasteiger partial charge is 0.0919 e. The minimum absolute atomic E-state index is 0. The number of halogens is 2. The summed E-state index contributed by atoms with van der Waals surface area (Å²) in [6, 6.07) is 0. The standard InChI is InChI=1S/C2H4Br2.Ar/c3-1-2-4;/h1-2H2;. The number of hydrogen-bond acceptors (Lipinski definition) is 0. The summed E-state index contributed by atoms with van der Waals surface area (Å²) in [5, 5.41) is 2.10. The molecule has 0 aliphatic heterocycles. The first-order valence-electron chi connectivity index (χ1n) is 1.03. The second-order valence-electron chi connectivity index (χ2n) is 0.378. The second-order valence-corrected chi connectivity index (χ2v) is 1.96. The summed E-state index contributed by atoms with van der Waals surface area (Å²) in [4.78, 5) is 0. The van der Waals surface area contributed by atoms with Gasteiger partial charge in [0.1, 0.15) is 0 Å². The molecule has 0 radical (unpaired) electrons. The molecule has 0 heterocycles. The molecule has 0 saturated carbocycles. The molecule has 0 spiro atoms. The molecule has 0 nitrogen and oxygen atoms in total. The first kappa shape index (κ1) is 10.3. The molecule has 0 aromatic heterocycles. The van der Waals surface area contributed by atoms with Gasteiger partial charge >= 0.3 is 0 Å². The van der Waals surface area contributed by atoms with E-state index in [1.54, 1.807) is 0 Å². The quantitative estimate of drug-likeness (QED) is 0.600. The molecule has 0 saturated heterocycles. The van der Waals surface area contributed by atoms with E-state index in [0.29, 0.717) is 0 Å². The molecule has 0 bridgehead atoms. The minimum Gasteiger partial charge on any atom is -0.0919 e. The van der Waals surface area contributed by atoms with E-state index in [1.807, 2.05) is 0 Å². The van der Waals surface area contributed by atoms with Crippen LogP contribution in [-0.4, -0.2) is 10.7 Å². The zero-order chi connectivity index (χ0) is 3.41. The molecule has 0 atom stereocenters. The Hall–Kier alpha value is 2.22. The van der Waals surface area contributed by atoms with Crippen LogP contribution in [0.3, 0.4) is 0 Å². The van der Waals surface area contributed by atoms with Crippen LogP contribution in [0.25, 0.3) is 0 Å². The third-order valence-electron chi connectivity index (χ3n) is 0.0714. The molecule has 0 amide bonds. The van der Waals surface area contributed by atoms with Crippen LogP contribution in [0.2, 0.25) is 0 Å². The van der Waals surface area contributed by atoms with Crippen molar-refractivity contribution < 1.29 is 37.7 Å². The van der Waals surface area contributed by atoms with E-state index in [2.05, 4.69) is 31.9 Å². The SMILES string of the molecule is BrCCBr.[Ar]. The summed E-state index contributed by atoms with van der Waals surface area (Å²) in [6.45, 7) is 0. The van der Waals surface area contributed by atoms with E-state index in [-0.39, 0.29) is 37.7 Å². The zero-order valence-electron chi connectivity index (χ0n) is 2.52. The Morgan fingerprint density at radius 1 is 1.00 bits per heavy atom. The van der Waals surface area contributed by atoms with Gasteiger partial charge in [-0.25, -0.2) is 0 Å². The van der Waals surface area contributed by atoms with Crippen molar-refractivity contribution in [1.82, 2.24) is 0 Å². The van der Waals surface area contributed by atoms with Crippen molar-refractivity contribution in [3.05, 3.63) is 0 Å². The van der Waals surface area contributed by atoms with Crippen molar-refractivity contribution >= 4 is 31.9 Å². The van der Waals surface area contributed by atoms with Crippen molar-refractivity contribution in [3.8, 4) is 0 Å². The van der Waals surface area contributed by atoms with E-state index in [1.165, 1.54) is 0 Å². The van der Waals surface area contributed by atoms with Crippen LogP contribution in [0.4, 0.5) is 0 Å². The molecule has 34 valence electrons. The molecule has 0 rings (SSSR count). The summed E-state index contributed by atoms with van der Waals surface area (Å²) >= 11 is 6.40. The van der Waals surface area contributed by atoms with Crippen LogP contribution in [-0.2, 0) is 0 Å². The van der Waals surface area contributed by atoms with E-state index in [4.69, 9.17) is 0 Å². The van der Waals surface area contributed by atoms with Gasteiger partial charge in [0, 0.05) is 48.4 Å². The van der Waals surface area contributed by atoms with Crippen molar-refractivity contribution in [3.63, 3.8) is 0 Å². The Bertz CT molecular complexity index is 9.61. The van der Waals surface area contributed by atoms with E-state index in [9.17, 15) is 0 Å². The van der Waals surface area contributed by atoms with Crippen molar-refractivity contribution in [1.29, 1.82) is 0 Å². The van der Waals surface area contributed by atoms with E-state index < -0.39 is 0 Å². The third-order valence-corrected chi connectivity index (χ3v) is 1.93. The van der Waals surface area contributed by atoms with Gasteiger partial charge < -0.3 is 0 Å². The summed E-state index contributed by atoms with van der Waals surface area (Å²) in [5.41, 5.74) is 0. The van der Waals surface area contributed by atoms with Gasteiger partial charge in [0.15, 0.2) is 0 Å². The average molecular weight is 228 g/mol. The van der Waals surface area contributed by atoms with Crippen LogP contribution in [0.15, 0.2) is 0 Å². The minimum atomic E-state index is 0. The molecule has 0 aromatic rings. The molecule has 0 unspecified atom stereocenters. The summed E-state index contributed by atoms with van der Waals surface area (Å²) < 4.78 is 0. The third kappa shape index (κ3) is 10.7. The number of rotatable bonds is 1. The average Bonchev–Trinajstić information content (AvgIpc) is 1.37. The van der Waals surface area contributed by atoms with Crippen LogP contribution < -0.4 is 0 Å². The van der Waals surface area contributed by atoms with Gasteiger partial charge in [-0.1, -0.05) is 31.9 Å². The maximum atomic E-state index is 3.20. The first-order chi connectivity index (χ1) is 1.91. The Balaban J connectivity index is 0. The Kier molecular flexibility index (Phi) is 19.5. The predicted octanol–water partition coefficient (Wildman–Crippen LogP) is 1.78. The number of alkyl halides is 2. The van der Waals surface area contributed by atoms with Crippen molar-refractivity contribution in [2.45, 2.75) is 0 Å². The Labute approximate surface area is 79.0 Å². The fourth-order valence-electron chi connectivity index (χ4n) is 0. The maximum Gasteiger partial charge on any atom is 0.0129 e. The van der Waals surface area contributed by atoms with Crippen LogP contribution in [0, 0.1) is 37.7 Å². The van der Waals surface area contributed by atoms with Gasteiger partial charge in [0.2, 0.25) is 0 Å². The molecule has 0 fully saturated rings. The second kappa shape index (κ2) is 9.52. The topological polar surface area (TPSA) is 0 Å². The van der Waals surface area contributed by atoms with E-state index >= 15 is 0 Å². The van der Waals surface area contributed by atoms with Crippen molar-refractivity contribution in [2.24, 2.45) is 0 Å². The van der Waals surface area contributed by atoms with Gasteiger partial charge in [-0.05, 0) is 0 Å². The molecular formula is C2H4ArBr2. The van der Waals surface area contributed by atoms with Crippen LogP contribution in [0.1, 0.15) is 0 Å². The van der Waals surface area contributed by atoms with Crippen LogP contribution >= 0.6 is 31.9 Å². The maximum absolute atomic E-state index is 3.20. The van der Waals surface area contributed by atoms with Gasteiger partial charge in [-0.2, -0.15) is 0 Å². The predicted molar refractivity (Wildman–Crippen MR) is 27.6 cm³/mol. The van der Waals surface area contributed by atoms with Gasteiger partial charge in [-0.15, -0.1) is 0 Å². The van der Waals surface area contributed by atoms with E-state index in [0.717, 1.165) is 10.7 Å². The zero-order valence-corrected chi connectivity index (χ0v) is 6.40. The monoisotopic (exact) mass is 226 g/mol. The van der Waals surface area contributed by atoms with Crippen molar-refractivity contribution in [2.75, 3.05) is 10.7 Å². The molecule has 0 aliphatic rings. The normalized spacial score (nSPS) is 6.00. The summed E-state index contributed by atoms with van der Waals surface area (Å²) in [5.74, 6) is 0. The van der Waals surface area contributed by atoms with Gasteiger partial charge in [0.25, 0.3) is 0 Å². The molecular weight excluding hydrogens is 224 g/mol.